The summed E-state index contributed by atoms with van der Waals surface area (Å²) in [6, 6.07) is 6.86. The van der Waals surface area contributed by atoms with Gasteiger partial charge in [-0.3, -0.25) is 4.68 Å². The fourth-order valence-electron chi connectivity index (χ4n) is 1.69. The third-order valence-electron chi connectivity index (χ3n) is 2.77. The van der Waals surface area contributed by atoms with E-state index in [0.717, 1.165) is 16.9 Å². The van der Waals surface area contributed by atoms with E-state index >= 15 is 0 Å². The van der Waals surface area contributed by atoms with Gasteiger partial charge in [0.1, 0.15) is 11.8 Å². The van der Waals surface area contributed by atoms with Gasteiger partial charge in [-0.15, -0.1) is 0 Å². The number of nitrogens with zero attached hydrogens (tertiary/aromatic N) is 2. The molecule has 2 aromatic rings. The normalized spacial score (nSPS) is 12.1. The minimum absolute atomic E-state index is 0.687. The molecule has 2 rings (SSSR count). The number of hydrogen-bond acceptors (Lipinski definition) is 3. The molecule has 0 radical (unpaired) electrons. The zero-order chi connectivity index (χ0) is 13.1. The van der Waals surface area contributed by atoms with Crippen LogP contribution in [0.2, 0.25) is 0 Å². The number of carbonyl (C=O) groups is 1. The number of carboxylic acids is 1. The number of ether oxygens (including phenoxy) is 1. The van der Waals surface area contributed by atoms with Gasteiger partial charge in [0.25, 0.3) is 0 Å². The summed E-state index contributed by atoms with van der Waals surface area (Å²) >= 11 is 0. The first-order chi connectivity index (χ1) is 8.63. The molecular formula is C13H14N2O3. The summed E-state index contributed by atoms with van der Waals surface area (Å²) in [6.45, 7) is 1.58. The molecule has 0 saturated carbocycles. The molecule has 1 aromatic heterocycles. The zero-order valence-electron chi connectivity index (χ0n) is 10.2. The summed E-state index contributed by atoms with van der Waals surface area (Å²) in [5.74, 6) is -0.176. The third-order valence-corrected chi connectivity index (χ3v) is 2.77. The molecule has 5 heteroatoms. The quantitative estimate of drug-likeness (QED) is 0.898. The standard InChI is InChI=1S/C13H14N2O3/c1-9(13(16)17)15-8-10(7-14-15)11-5-3-4-6-12(11)18-2/h3-9H,1-2H3,(H,16,17). The Kier molecular flexibility index (Phi) is 3.32. The number of aromatic nitrogens is 2. The van der Waals surface area contributed by atoms with Crippen LogP contribution < -0.4 is 4.74 Å². The zero-order valence-corrected chi connectivity index (χ0v) is 10.2. The first kappa shape index (κ1) is 12.2. The molecule has 0 bridgehead atoms. The molecule has 0 fully saturated rings. The van der Waals surface area contributed by atoms with E-state index in [-0.39, 0.29) is 0 Å². The van der Waals surface area contributed by atoms with Crippen LogP contribution in [0.15, 0.2) is 36.7 Å². The number of aliphatic carboxylic acids is 1. The molecule has 0 amide bonds. The van der Waals surface area contributed by atoms with Gasteiger partial charge in [-0.05, 0) is 13.0 Å². The molecule has 1 heterocycles. The lowest BCUT2D eigenvalue weighted by Crippen LogP contribution is -2.15. The van der Waals surface area contributed by atoms with Crippen molar-refractivity contribution in [1.29, 1.82) is 0 Å². The van der Waals surface area contributed by atoms with Gasteiger partial charge in [-0.2, -0.15) is 5.10 Å². The van der Waals surface area contributed by atoms with Gasteiger partial charge >= 0.3 is 5.97 Å². The van der Waals surface area contributed by atoms with Gasteiger partial charge in [0, 0.05) is 17.3 Å². The molecule has 0 aliphatic carbocycles. The number of para-hydroxylation sites is 1. The molecule has 1 N–H and O–H groups in total. The number of carboxylic acid groups (broad SMARTS) is 1. The van der Waals surface area contributed by atoms with Gasteiger partial charge in [0.2, 0.25) is 0 Å². The number of rotatable bonds is 4. The summed E-state index contributed by atoms with van der Waals surface area (Å²) in [5.41, 5.74) is 1.73. The maximum atomic E-state index is 10.9. The number of benzene rings is 1. The molecule has 1 unspecified atom stereocenters. The molecule has 94 valence electrons. The molecular weight excluding hydrogens is 232 g/mol. The van der Waals surface area contributed by atoms with E-state index in [1.54, 1.807) is 26.4 Å². The van der Waals surface area contributed by atoms with Crippen LogP contribution in [0.4, 0.5) is 0 Å². The van der Waals surface area contributed by atoms with E-state index in [1.165, 1.54) is 4.68 Å². The topological polar surface area (TPSA) is 64.4 Å². The van der Waals surface area contributed by atoms with Crippen molar-refractivity contribution in [2.45, 2.75) is 13.0 Å². The van der Waals surface area contributed by atoms with Crippen LogP contribution in [0, 0.1) is 0 Å². The van der Waals surface area contributed by atoms with Crippen molar-refractivity contribution >= 4 is 5.97 Å². The largest absolute Gasteiger partial charge is 0.496 e. The molecule has 5 nitrogen and oxygen atoms in total. The average Bonchev–Trinajstić information content (AvgIpc) is 2.87. The maximum absolute atomic E-state index is 10.9. The fraction of sp³-hybridized carbons (Fsp3) is 0.231. The van der Waals surface area contributed by atoms with Crippen molar-refractivity contribution in [3.63, 3.8) is 0 Å². The van der Waals surface area contributed by atoms with E-state index in [4.69, 9.17) is 9.84 Å². The second-order valence-electron chi connectivity index (χ2n) is 3.92. The summed E-state index contributed by atoms with van der Waals surface area (Å²) in [5, 5.41) is 13.0. The smallest absolute Gasteiger partial charge is 0.328 e. The van der Waals surface area contributed by atoms with Crippen LogP contribution >= 0.6 is 0 Å². The average molecular weight is 246 g/mol. The summed E-state index contributed by atoms with van der Waals surface area (Å²) in [6.07, 6.45) is 3.34. The van der Waals surface area contributed by atoms with Gasteiger partial charge < -0.3 is 9.84 Å². The highest BCUT2D eigenvalue weighted by atomic mass is 16.5. The van der Waals surface area contributed by atoms with Crippen LogP contribution in [0.3, 0.4) is 0 Å². The molecule has 18 heavy (non-hydrogen) atoms. The highest BCUT2D eigenvalue weighted by molar-refractivity contribution is 5.72. The van der Waals surface area contributed by atoms with E-state index < -0.39 is 12.0 Å². The lowest BCUT2D eigenvalue weighted by atomic mass is 10.1. The Morgan fingerprint density at radius 2 is 2.17 bits per heavy atom. The minimum Gasteiger partial charge on any atom is -0.496 e. The van der Waals surface area contributed by atoms with Crippen LogP contribution in [-0.4, -0.2) is 28.0 Å². The monoisotopic (exact) mass is 246 g/mol. The summed E-state index contributed by atoms with van der Waals surface area (Å²) in [7, 11) is 1.60. The van der Waals surface area contributed by atoms with Crippen molar-refractivity contribution in [2.24, 2.45) is 0 Å². The van der Waals surface area contributed by atoms with Crippen molar-refractivity contribution in [3.8, 4) is 16.9 Å². The van der Waals surface area contributed by atoms with E-state index in [9.17, 15) is 4.79 Å². The van der Waals surface area contributed by atoms with Gasteiger partial charge in [0.05, 0.1) is 13.3 Å². The third kappa shape index (κ3) is 2.20. The van der Waals surface area contributed by atoms with Crippen LogP contribution in [0.1, 0.15) is 13.0 Å². The van der Waals surface area contributed by atoms with E-state index in [0.29, 0.717) is 0 Å². The fourth-order valence-corrected chi connectivity index (χ4v) is 1.69. The first-order valence-corrected chi connectivity index (χ1v) is 5.54. The molecule has 0 spiro atoms. The maximum Gasteiger partial charge on any atom is 0.328 e. The minimum atomic E-state index is -0.912. The van der Waals surface area contributed by atoms with E-state index in [2.05, 4.69) is 5.10 Å². The van der Waals surface area contributed by atoms with Crippen LogP contribution in [-0.2, 0) is 4.79 Å². The van der Waals surface area contributed by atoms with Crippen molar-refractivity contribution < 1.29 is 14.6 Å². The van der Waals surface area contributed by atoms with Crippen LogP contribution in [0.25, 0.3) is 11.1 Å². The Morgan fingerprint density at radius 1 is 1.44 bits per heavy atom. The molecule has 1 atom stereocenters. The Morgan fingerprint density at radius 3 is 2.83 bits per heavy atom. The predicted molar refractivity (Wildman–Crippen MR) is 66.6 cm³/mol. The number of methoxy groups -OCH3 is 1. The Hall–Kier alpha value is -2.30. The SMILES string of the molecule is COc1ccccc1-c1cnn(C(C)C(=O)O)c1. The Labute approximate surface area is 105 Å². The second-order valence-corrected chi connectivity index (χ2v) is 3.92. The lowest BCUT2D eigenvalue weighted by molar-refractivity contribution is -0.140. The second kappa shape index (κ2) is 4.91. The highest BCUT2D eigenvalue weighted by Gasteiger charge is 2.15. The molecule has 0 saturated heterocycles. The van der Waals surface area contributed by atoms with Crippen molar-refractivity contribution in [2.75, 3.05) is 7.11 Å². The lowest BCUT2D eigenvalue weighted by Gasteiger charge is -2.07. The Bertz CT molecular complexity index is 563. The van der Waals surface area contributed by atoms with Gasteiger partial charge in [-0.1, -0.05) is 18.2 Å². The van der Waals surface area contributed by atoms with Crippen LogP contribution in [0.5, 0.6) is 5.75 Å². The van der Waals surface area contributed by atoms with Crippen molar-refractivity contribution in [1.82, 2.24) is 9.78 Å². The predicted octanol–water partition coefficient (Wildman–Crippen LogP) is 2.20. The first-order valence-electron chi connectivity index (χ1n) is 5.54. The molecule has 0 aliphatic rings. The summed E-state index contributed by atoms with van der Waals surface area (Å²) < 4.78 is 6.68. The van der Waals surface area contributed by atoms with E-state index in [1.807, 2.05) is 24.3 Å². The molecule has 1 aromatic carbocycles. The molecule has 0 aliphatic heterocycles. The Balaban J connectivity index is 2.38. The van der Waals surface area contributed by atoms with Gasteiger partial charge in [0.15, 0.2) is 0 Å². The van der Waals surface area contributed by atoms with Gasteiger partial charge in [-0.25, -0.2) is 4.79 Å². The van der Waals surface area contributed by atoms with Crippen molar-refractivity contribution in [3.05, 3.63) is 36.7 Å². The summed E-state index contributed by atoms with van der Waals surface area (Å²) in [4.78, 5) is 10.9. The number of hydrogen-bond donors (Lipinski definition) is 1. The highest BCUT2D eigenvalue weighted by Crippen LogP contribution is 2.29.